The van der Waals surface area contributed by atoms with E-state index in [0.29, 0.717) is 19.3 Å². The van der Waals surface area contributed by atoms with E-state index in [1.54, 1.807) is 0 Å². The number of nitrogens with zero attached hydrogens (tertiary/aromatic N) is 1. The van der Waals surface area contributed by atoms with Crippen LogP contribution in [0.15, 0.2) is 23.1 Å². The van der Waals surface area contributed by atoms with Gasteiger partial charge in [-0.05, 0) is 18.4 Å². The first-order valence-electron chi connectivity index (χ1n) is 5.91. The Morgan fingerprint density at radius 2 is 2.25 bits per heavy atom. The minimum Gasteiger partial charge on any atom is -0.381 e. The van der Waals surface area contributed by atoms with Crippen molar-refractivity contribution in [2.45, 2.75) is 11.3 Å². The molecule has 1 aromatic carbocycles. The normalized spacial score (nSPS) is 19.1. The summed E-state index contributed by atoms with van der Waals surface area (Å²) in [6, 6.07) is 2.49. The van der Waals surface area contributed by atoms with Crippen LogP contribution in [0.2, 0.25) is 0 Å². The van der Waals surface area contributed by atoms with E-state index < -0.39 is 26.5 Å². The molecule has 1 unspecified atom stereocenters. The molecule has 1 saturated heterocycles. The Bertz CT molecular complexity index is 613. The summed E-state index contributed by atoms with van der Waals surface area (Å²) < 4.78 is 44.8. The van der Waals surface area contributed by atoms with Gasteiger partial charge in [0, 0.05) is 25.3 Å². The van der Waals surface area contributed by atoms with E-state index in [1.165, 1.54) is 0 Å². The van der Waals surface area contributed by atoms with Crippen LogP contribution in [0.25, 0.3) is 0 Å². The molecule has 0 radical (unpaired) electrons. The van der Waals surface area contributed by atoms with E-state index >= 15 is 0 Å². The van der Waals surface area contributed by atoms with Crippen LogP contribution < -0.4 is 4.72 Å². The lowest BCUT2D eigenvalue weighted by molar-refractivity contribution is -0.387. The Morgan fingerprint density at radius 3 is 2.80 bits per heavy atom. The highest BCUT2D eigenvalue weighted by Crippen LogP contribution is 2.21. The number of nitro benzene ring substituents is 1. The van der Waals surface area contributed by atoms with Crippen LogP contribution in [0.3, 0.4) is 0 Å². The van der Waals surface area contributed by atoms with Crippen molar-refractivity contribution in [3.8, 4) is 0 Å². The van der Waals surface area contributed by atoms with Gasteiger partial charge in [-0.3, -0.25) is 10.1 Å². The number of nitro groups is 1. The van der Waals surface area contributed by atoms with Gasteiger partial charge in [0.2, 0.25) is 15.8 Å². The van der Waals surface area contributed by atoms with Gasteiger partial charge in [0.05, 0.1) is 16.4 Å². The average Bonchev–Trinajstić information content (AvgIpc) is 2.89. The monoisotopic (exact) mass is 304 g/mol. The molecule has 0 aliphatic carbocycles. The predicted octanol–water partition coefficient (Wildman–Crippen LogP) is 1.05. The molecule has 1 heterocycles. The van der Waals surface area contributed by atoms with Gasteiger partial charge < -0.3 is 4.74 Å². The molecule has 0 amide bonds. The third-order valence-corrected chi connectivity index (χ3v) is 4.43. The van der Waals surface area contributed by atoms with Crippen molar-refractivity contribution < 1.29 is 22.5 Å². The van der Waals surface area contributed by atoms with E-state index in [9.17, 15) is 22.9 Å². The standard InChI is InChI=1S/C11H13FN2O5S/c12-10-5-9(1-2-11(10)14(15)16)20(17,18)13-6-8-3-4-19-7-8/h1-2,5,8,13H,3-4,6-7H2. The molecule has 2 rings (SSSR count). The first kappa shape index (κ1) is 14.8. The van der Waals surface area contributed by atoms with Crippen molar-refractivity contribution in [1.29, 1.82) is 0 Å². The number of rotatable bonds is 5. The largest absolute Gasteiger partial charge is 0.381 e. The fourth-order valence-corrected chi connectivity index (χ4v) is 2.99. The highest BCUT2D eigenvalue weighted by molar-refractivity contribution is 7.89. The van der Waals surface area contributed by atoms with Crippen LogP contribution in [-0.4, -0.2) is 33.1 Å². The lowest BCUT2D eigenvalue weighted by Gasteiger charge is -2.10. The molecule has 0 spiro atoms. The smallest absolute Gasteiger partial charge is 0.304 e. The summed E-state index contributed by atoms with van der Waals surface area (Å²) in [5.74, 6) is -1.09. The number of hydrogen-bond acceptors (Lipinski definition) is 5. The summed E-state index contributed by atoms with van der Waals surface area (Å²) in [4.78, 5) is 9.23. The molecule has 9 heteroatoms. The van der Waals surface area contributed by atoms with E-state index in [4.69, 9.17) is 4.74 Å². The van der Waals surface area contributed by atoms with Crippen LogP contribution in [0.1, 0.15) is 6.42 Å². The van der Waals surface area contributed by atoms with Gasteiger partial charge in [0.25, 0.3) is 0 Å². The summed E-state index contributed by atoms with van der Waals surface area (Å²) in [5, 5.41) is 10.5. The molecule has 1 aromatic rings. The van der Waals surface area contributed by atoms with Crippen molar-refractivity contribution in [3.05, 3.63) is 34.1 Å². The van der Waals surface area contributed by atoms with Crippen LogP contribution in [0.5, 0.6) is 0 Å². The second kappa shape index (κ2) is 5.81. The summed E-state index contributed by atoms with van der Waals surface area (Å²) in [6.45, 7) is 1.27. The highest BCUT2D eigenvalue weighted by atomic mass is 32.2. The number of nitrogens with one attached hydrogen (secondary N) is 1. The van der Waals surface area contributed by atoms with Crippen molar-refractivity contribution in [1.82, 2.24) is 4.72 Å². The first-order valence-corrected chi connectivity index (χ1v) is 7.40. The second-order valence-corrected chi connectivity index (χ2v) is 6.22. The zero-order valence-corrected chi connectivity index (χ0v) is 11.2. The average molecular weight is 304 g/mol. The molecule has 20 heavy (non-hydrogen) atoms. The van der Waals surface area contributed by atoms with Gasteiger partial charge in [0.1, 0.15) is 0 Å². The zero-order chi connectivity index (χ0) is 14.8. The van der Waals surface area contributed by atoms with Crippen LogP contribution in [0, 0.1) is 21.8 Å². The quantitative estimate of drug-likeness (QED) is 0.647. The van der Waals surface area contributed by atoms with Crippen molar-refractivity contribution >= 4 is 15.7 Å². The molecule has 1 fully saturated rings. The molecular weight excluding hydrogens is 291 g/mol. The van der Waals surface area contributed by atoms with E-state index in [0.717, 1.165) is 18.6 Å². The zero-order valence-electron chi connectivity index (χ0n) is 10.4. The minimum atomic E-state index is -3.88. The van der Waals surface area contributed by atoms with Gasteiger partial charge >= 0.3 is 5.69 Å². The fraction of sp³-hybridized carbons (Fsp3) is 0.455. The lowest BCUT2D eigenvalue weighted by Crippen LogP contribution is -2.29. The maximum absolute atomic E-state index is 13.4. The molecule has 110 valence electrons. The Hall–Kier alpha value is -1.58. The second-order valence-electron chi connectivity index (χ2n) is 4.45. The molecule has 1 aliphatic rings. The topological polar surface area (TPSA) is 98.5 Å². The van der Waals surface area contributed by atoms with E-state index in [2.05, 4.69) is 4.72 Å². The van der Waals surface area contributed by atoms with Crippen molar-refractivity contribution in [2.24, 2.45) is 5.92 Å². The summed E-state index contributed by atoms with van der Waals surface area (Å²) in [7, 11) is -3.88. The fourth-order valence-electron chi connectivity index (χ4n) is 1.86. The van der Waals surface area contributed by atoms with Crippen molar-refractivity contribution in [3.63, 3.8) is 0 Å². The molecule has 0 bridgehead atoms. The SMILES string of the molecule is O=[N+]([O-])c1ccc(S(=O)(=O)NCC2CCOC2)cc1F. The molecule has 0 aromatic heterocycles. The molecular formula is C11H13FN2O5S. The number of sulfonamides is 1. The Morgan fingerprint density at radius 1 is 1.50 bits per heavy atom. The molecule has 7 nitrogen and oxygen atoms in total. The molecule has 1 N–H and O–H groups in total. The Labute approximate surface area is 114 Å². The van der Waals surface area contributed by atoms with Crippen LogP contribution in [-0.2, 0) is 14.8 Å². The van der Waals surface area contributed by atoms with E-state index in [-0.39, 0.29) is 17.4 Å². The maximum Gasteiger partial charge on any atom is 0.304 e. The number of hydrogen-bond donors (Lipinski definition) is 1. The third-order valence-electron chi connectivity index (χ3n) is 3.01. The summed E-state index contributed by atoms with van der Waals surface area (Å²) in [5.41, 5.74) is -0.756. The number of benzene rings is 1. The maximum atomic E-state index is 13.4. The van der Waals surface area contributed by atoms with Crippen LogP contribution in [0.4, 0.5) is 10.1 Å². The Balaban J connectivity index is 2.12. The van der Waals surface area contributed by atoms with Gasteiger partial charge in [0.15, 0.2) is 0 Å². The summed E-state index contributed by atoms with van der Waals surface area (Å²) >= 11 is 0. The number of ether oxygens (including phenoxy) is 1. The molecule has 1 atom stereocenters. The highest BCUT2D eigenvalue weighted by Gasteiger charge is 2.23. The molecule has 1 aliphatic heterocycles. The van der Waals surface area contributed by atoms with Gasteiger partial charge in [-0.2, -0.15) is 4.39 Å². The van der Waals surface area contributed by atoms with Gasteiger partial charge in [-0.25, -0.2) is 13.1 Å². The van der Waals surface area contributed by atoms with Crippen molar-refractivity contribution in [2.75, 3.05) is 19.8 Å². The van der Waals surface area contributed by atoms with Gasteiger partial charge in [-0.15, -0.1) is 0 Å². The predicted molar refractivity (Wildman–Crippen MR) is 67.2 cm³/mol. The van der Waals surface area contributed by atoms with Gasteiger partial charge in [-0.1, -0.05) is 0 Å². The van der Waals surface area contributed by atoms with E-state index in [1.807, 2.05) is 0 Å². The molecule has 0 saturated carbocycles. The Kier molecular flexibility index (Phi) is 4.31. The number of halogens is 1. The third kappa shape index (κ3) is 3.30. The van der Waals surface area contributed by atoms with Crippen LogP contribution >= 0.6 is 0 Å². The first-order chi connectivity index (χ1) is 9.40. The minimum absolute atomic E-state index is 0.0904. The lowest BCUT2D eigenvalue weighted by atomic mass is 10.1. The summed E-state index contributed by atoms with van der Waals surface area (Å²) in [6.07, 6.45) is 0.761.